The van der Waals surface area contributed by atoms with E-state index in [-0.39, 0.29) is 11.5 Å². The molecule has 2 aliphatic rings. The first-order valence-electron chi connectivity index (χ1n) is 10.9. The maximum Gasteiger partial charge on any atom is 0.142 e. The summed E-state index contributed by atoms with van der Waals surface area (Å²) in [6.45, 7) is 2.83. The molecule has 0 saturated heterocycles. The van der Waals surface area contributed by atoms with E-state index in [0.29, 0.717) is 28.5 Å². The minimum Gasteiger partial charge on any atom is -0.378 e. The van der Waals surface area contributed by atoms with Crippen molar-refractivity contribution in [2.75, 3.05) is 6.61 Å². The zero-order valence-electron chi connectivity index (χ0n) is 17.3. The standard InChI is InChI=1S/C26H27ClF2O/c1-2-30-23-11-8-18-13-19(6-7-20(18)14-23)21-15-25(28)24(26(29)16-21)12-5-17-3-9-22(27)10-4-17/h3-4,9-10,15-16,18-20,23H,2,6-8,11,13-14H2,1H3. The Kier molecular flexibility index (Phi) is 6.76. The first-order chi connectivity index (χ1) is 14.5. The second-order valence-electron chi connectivity index (χ2n) is 8.54. The summed E-state index contributed by atoms with van der Waals surface area (Å²) in [6.07, 6.45) is 6.88. The van der Waals surface area contributed by atoms with Crippen LogP contribution < -0.4 is 0 Å². The molecular weight excluding hydrogens is 402 g/mol. The third kappa shape index (κ3) is 4.88. The van der Waals surface area contributed by atoms with Gasteiger partial charge in [-0.05, 0) is 105 Å². The number of fused-ring (bicyclic) bond motifs is 1. The maximum absolute atomic E-state index is 14.7. The largest absolute Gasteiger partial charge is 0.378 e. The molecule has 2 aromatic carbocycles. The van der Waals surface area contributed by atoms with Gasteiger partial charge in [0.1, 0.15) is 11.6 Å². The van der Waals surface area contributed by atoms with Gasteiger partial charge in [-0.25, -0.2) is 8.78 Å². The van der Waals surface area contributed by atoms with E-state index in [1.165, 1.54) is 12.1 Å². The van der Waals surface area contributed by atoms with Gasteiger partial charge in [-0.2, -0.15) is 0 Å². The molecule has 0 amide bonds. The zero-order chi connectivity index (χ0) is 21.1. The highest BCUT2D eigenvalue weighted by Crippen LogP contribution is 2.46. The second kappa shape index (κ2) is 9.50. The molecule has 0 N–H and O–H groups in total. The van der Waals surface area contributed by atoms with Gasteiger partial charge in [0.25, 0.3) is 0 Å². The fraction of sp³-hybridized carbons (Fsp3) is 0.462. The summed E-state index contributed by atoms with van der Waals surface area (Å²) < 4.78 is 35.3. The molecule has 4 heteroatoms. The van der Waals surface area contributed by atoms with E-state index in [0.717, 1.165) is 50.7 Å². The summed E-state index contributed by atoms with van der Waals surface area (Å²) >= 11 is 5.86. The highest BCUT2D eigenvalue weighted by molar-refractivity contribution is 6.30. The number of halogens is 3. The predicted octanol–water partition coefficient (Wildman–Crippen LogP) is 7.11. The quantitative estimate of drug-likeness (QED) is 0.473. The molecule has 0 aliphatic heterocycles. The first kappa shape index (κ1) is 21.3. The van der Waals surface area contributed by atoms with Crippen LogP contribution in [0.5, 0.6) is 0 Å². The molecule has 0 heterocycles. The van der Waals surface area contributed by atoms with Crippen molar-refractivity contribution < 1.29 is 13.5 Å². The highest BCUT2D eigenvalue weighted by Gasteiger charge is 2.36. The minimum absolute atomic E-state index is 0.167. The minimum atomic E-state index is -0.575. The van der Waals surface area contributed by atoms with E-state index in [1.54, 1.807) is 24.3 Å². The van der Waals surface area contributed by atoms with Gasteiger partial charge in [-0.1, -0.05) is 23.4 Å². The van der Waals surface area contributed by atoms with Crippen molar-refractivity contribution in [1.82, 2.24) is 0 Å². The molecule has 1 nitrogen and oxygen atoms in total. The topological polar surface area (TPSA) is 9.23 Å². The Bertz CT molecular complexity index is 921. The molecule has 4 unspecified atom stereocenters. The third-order valence-corrected chi connectivity index (χ3v) is 6.93. The Morgan fingerprint density at radius 3 is 2.30 bits per heavy atom. The molecule has 0 radical (unpaired) electrons. The number of rotatable bonds is 3. The summed E-state index contributed by atoms with van der Waals surface area (Å²) in [5.74, 6) is 5.86. The van der Waals surface area contributed by atoms with Gasteiger partial charge in [0.05, 0.1) is 11.7 Å². The summed E-state index contributed by atoms with van der Waals surface area (Å²) in [5, 5.41) is 0.600. The van der Waals surface area contributed by atoms with Crippen LogP contribution in [-0.2, 0) is 4.74 Å². The molecule has 2 saturated carbocycles. The van der Waals surface area contributed by atoms with Crippen LogP contribution in [0.25, 0.3) is 0 Å². The normalized spacial score (nSPS) is 25.9. The number of benzene rings is 2. The van der Waals surface area contributed by atoms with Crippen LogP contribution in [0, 0.1) is 35.3 Å². The van der Waals surface area contributed by atoms with Crippen LogP contribution in [-0.4, -0.2) is 12.7 Å². The number of ether oxygens (including phenoxy) is 1. The Morgan fingerprint density at radius 1 is 0.933 bits per heavy atom. The van der Waals surface area contributed by atoms with E-state index in [2.05, 4.69) is 18.8 Å². The van der Waals surface area contributed by atoms with E-state index in [9.17, 15) is 8.78 Å². The summed E-state index contributed by atoms with van der Waals surface area (Å²) in [4.78, 5) is 0. The third-order valence-electron chi connectivity index (χ3n) is 6.68. The second-order valence-corrected chi connectivity index (χ2v) is 8.97. The van der Waals surface area contributed by atoms with Crippen molar-refractivity contribution in [2.24, 2.45) is 11.8 Å². The number of hydrogen-bond donors (Lipinski definition) is 0. The van der Waals surface area contributed by atoms with Crippen molar-refractivity contribution >= 4 is 11.6 Å². The first-order valence-corrected chi connectivity index (χ1v) is 11.3. The summed E-state index contributed by atoms with van der Waals surface area (Å²) in [7, 11) is 0. The van der Waals surface area contributed by atoms with Gasteiger partial charge < -0.3 is 4.74 Å². The molecule has 4 rings (SSSR count). The lowest BCUT2D eigenvalue weighted by Crippen LogP contribution is -2.33. The van der Waals surface area contributed by atoms with E-state index >= 15 is 0 Å². The van der Waals surface area contributed by atoms with Crippen molar-refractivity contribution in [2.45, 2.75) is 57.5 Å². The molecule has 2 aliphatic carbocycles. The highest BCUT2D eigenvalue weighted by atomic mass is 35.5. The fourth-order valence-electron chi connectivity index (χ4n) is 5.15. The van der Waals surface area contributed by atoms with Crippen molar-refractivity contribution in [1.29, 1.82) is 0 Å². The summed E-state index contributed by atoms with van der Waals surface area (Å²) in [5.41, 5.74) is 1.27. The SMILES string of the molecule is CCOC1CCC2CC(c3cc(F)c(C#Cc4ccc(Cl)cc4)c(F)c3)CCC2C1. The smallest absolute Gasteiger partial charge is 0.142 e. The lowest BCUT2D eigenvalue weighted by molar-refractivity contribution is -0.00957. The predicted molar refractivity (Wildman–Crippen MR) is 117 cm³/mol. The molecule has 0 bridgehead atoms. The lowest BCUT2D eigenvalue weighted by atomic mass is 9.65. The fourth-order valence-corrected chi connectivity index (χ4v) is 5.28. The van der Waals surface area contributed by atoms with Crippen molar-refractivity contribution in [3.05, 3.63) is 69.7 Å². The average molecular weight is 429 g/mol. The van der Waals surface area contributed by atoms with Crippen LogP contribution in [0.3, 0.4) is 0 Å². The Morgan fingerprint density at radius 2 is 1.60 bits per heavy atom. The average Bonchev–Trinajstić information content (AvgIpc) is 2.74. The molecule has 2 fully saturated rings. The van der Waals surface area contributed by atoms with Crippen molar-refractivity contribution in [3.63, 3.8) is 0 Å². The van der Waals surface area contributed by atoms with E-state index < -0.39 is 11.6 Å². The van der Waals surface area contributed by atoms with Gasteiger partial charge in [0.2, 0.25) is 0 Å². The Labute approximate surface area is 182 Å². The van der Waals surface area contributed by atoms with Gasteiger partial charge >= 0.3 is 0 Å². The zero-order valence-corrected chi connectivity index (χ0v) is 18.0. The maximum atomic E-state index is 14.7. The van der Waals surface area contributed by atoms with E-state index in [1.807, 2.05) is 0 Å². The van der Waals surface area contributed by atoms with Crippen LogP contribution in [0.1, 0.15) is 68.1 Å². The van der Waals surface area contributed by atoms with Crippen LogP contribution in [0.2, 0.25) is 5.02 Å². The Balaban J connectivity index is 1.47. The van der Waals surface area contributed by atoms with Crippen molar-refractivity contribution in [3.8, 4) is 11.8 Å². The van der Waals surface area contributed by atoms with Gasteiger partial charge in [0, 0.05) is 17.2 Å². The van der Waals surface area contributed by atoms with Gasteiger partial charge in [-0.15, -0.1) is 0 Å². The van der Waals surface area contributed by atoms with Gasteiger partial charge in [0.15, 0.2) is 0 Å². The van der Waals surface area contributed by atoms with Crippen LogP contribution in [0.15, 0.2) is 36.4 Å². The lowest BCUT2D eigenvalue weighted by Gasteiger charge is -2.42. The molecule has 0 spiro atoms. The van der Waals surface area contributed by atoms with Crippen LogP contribution in [0.4, 0.5) is 8.78 Å². The molecule has 2 aromatic rings. The van der Waals surface area contributed by atoms with E-state index in [4.69, 9.17) is 16.3 Å². The van der Waals surface area contributed by atoms with Crippen LogP contribution >= 0.6 is 11.6 Å². The molecule has 30 heavy (non-hydrogen) atoms. The monoisotopic (exact) mass is 428 g/mol. The number of hydrogen-bond acceptors (Lipinski definition) is 1. The Hall–Kier alpha value is -1.89. The molecule has 4 atom stereocenters. The van der Waals surface area contributed by atoms with Gasteiger partial charge in [-0.3, -0.25) is 0 Å². The molecule has 158 valence electrons. The molecule has 0 aromatic heterocycles. The molecular formula is C26H27ClF2O. The summed E-state index contributed by atoms with van der Waals surface area (Å²) in [6, 6.07) is 9.87.